The smallest absolute Gasteiger partial charge is 0.381 e. The number of halogens is 3. The van der Waals surface area contributed by atoms with E-state index in [0.29, 0.717) is 12.1 Å². The number of hydrogen-bond acceptors (Lipinski definition) is 4. The first-order valence-electron chi connectivity index (χ1n) is 10.4. The summed E-state index contributed by atoms with van der Waals surface area (Å²) >= 11 is 0. The van der Waals surface area contributed by atoms with Gasteiger partial charge in [-0.2, -0.15) is 0 Å². The minimum absolute atomic E-state index is 0.0916. The summed E-state index contributed by atoms with van der Waals surface area (Å²) in [4.78, 5) is 24.6. The zero-order chi connectivity index (χ0) is 23.3. The number of hydrogen-bond donors (Lipinski definition) is 1. The van der Waals surface area contributed by atoms with E-state index in [1.165, 1.54) is 0 Å². The normalized spacial score (nSPS) is 12.0. The molecule has 1 N–H and O–H groups in total. The Bertz CT molecular complexity index is 946. The van der Waals surface area contributed by atoms with Crippen molar-refractivity contribution in [1.29, 1.82) is 0 Å². The molecule has 0 saturated heterocycles. The summed E-state index contributed by atoms with van der Waals surface area (Å²) in [6.07, 6.45) is 2.59. The lowest BCUT2D eigenvalue weighted by Crippen LogP contribution is -2.21. The SMILES string of the molecule is CCCCC(CNc1cc(F)c(F)c(F)c1)c1c(C)c(C(=O)C(=O)OCC)n(C)c1C. The molecule has 1 unspecified atom stereocenters. The summed E-state index contributed by atoms with van der Waals surface area (Å²) in [7, 11) is 1.72. The minimum atomic E-state index is -1.51. The molecule has 0 aliphatic carbocycles. The predicted octanol–water partition coefficient (Wildman–Crippen LogP) is 5.19. The van der Waals surface area contributed by atoms with Crippen molar-refractivity contribution in [3.63, 3.8) is 0 Å². The maximum atomic E-state index is 13.6. The monoisotopic (exact) mass is 438 g/mol. The molecule has 5 nitrogen and oxygen atoms in total. The van der Waals surface area contributed by atoms with Crippen LogP contribution in [0.2, 0.25) is 0 Å². The van der Waals surface area contributed by atoms with Gasteiger partial charge in [-0.3, -0.25) is 4.79 Å². The number of esters is 1. The van der Waals surface area contributed by atoms with E-state index >= 15 is 0 Å². The van der Waals surface area contributed by atoms with Crippen LogP contribution < -0.4 is 5.32 Å². The molecule has 2 aromatic rings. The highest BCUT2D eigenvalue weighted by molar-refractivity contribution is 6.40. The summed E-state index contributed by atoms with van der Waals surface area (Å²) in [5.41, 5.74) is 2.80. The summed E-state index contributed by atoms with van der Waals surface area (Å²) in [5.74, 6) is -5.74. The van der Waals surface area contributed by atoms with Crippen LogP contribution >= 0.6 is 0 Å². The van der Waals surface area contributed by atoms with Gasteiger partial charge in [0.1, 0.15) is 0 Å². The van der Waals surface area contributed by atoms with E-state index in [0.717, 1.165) is 42.7 Å². The van der Waals surface area contributed by atoms with Crippen molar-refractivity contribution in [3.05, 3.63) is 52.1 Å². The van der Waals surface area contributed by atoms with Crippen molar-refractivity contribution in [2.24, 2.45) is 7.05 Å². The maximum absolute atomic E-state index is 13.6. The van der Waals surface area contributed by atoms with Gasteiger partial charge in [0.25, 0.3) is 5.78 Å². The predicted molar refractivity (Wildman–Crippen MR) is 113 cm³/mol. The number of unbranched alkanes of at least 4 members (excludes halogenated alkanes) is 1. The average Bonchev–Trinajstić information content (AvgIpc) is 2.94. The van der Waals surface area contributed by atoms with Crippen molar-refractivity contribution in [2.75, 3.05) is 18.5 Å². The molecule has 1 aromatic carbocycles. The molecule has 170 valence electrons. The van der Waals surface area contributed by atoms with Crippen LogP contribution in [0.1, 0.15) is 66.3 Å². The fraction of sp³-hybridized carbons (Fsp3) is 0.478. The molecule has 0 saturated carbocycles. The third-order valence-electron chi connectivity index (χ3n) is 5.51. The second kappa shape index (κ2) is 10.5. The second-order valence-corrected chi connectivity index (χ2v) is 7.56. The van der Waals surface area contributed by atoms with Crippen LogP contribution in [0.25, 0.3) is 0 Å². The van der Waals surface area contributed by atoms with Gasteiger partial charge in [-0.1, -0.05) is 19.8 Å². The number of carbonyl (C=O) groups is 2. The van der Waals surface area contributed by atoms with Gasteiger partial charge in [0.05, 0.1) is 12.3 Å². The molecule has 0 aliphatic heterocycles. The number of anilines is 1. The zero-order valence-electron chi connectivity index (χ0n) is 18.6. The Morgan fingerprint density at radius 3 is 2.29 bits per heavy atom. The van der Waals surface area contributed by atoms with Gasteiger partial charge in [-0.15, -0.1) is 0 Å². The number of aromatic nitrogens is 1. The molecule has 0 bridgehead atoms. The van der Waals surface area contributed by atoms with E-state index in [9.17, 15) is 22.8 Å². The van der Waals surface area contributed by atoms with Crippen LogP contribution in [0.3, 0.4) is 0 Å². The molecule has 8 heteroatoms. The quantitative estimate of drug-likeness (QED) is 0.240. The van der Waals surface area contributed by atoms with Crippen molar-refractivity contribution in [1.82, 2.24) is 4.57 Å². The van der Waals surface area contributed by atoms with Crippen LogP contribution in [-0.2, 0) is 16.6 Å². The Balaban J connectivity index is 2.38. The summed E-state index contributed by atoms with van der Waals surface area (Å²) in [6, 6.07) is 1.82. The van der Waals surface area contributed by atoms with E-state index in [2.05, 4.69) is 12.2 Å². The molecule has 1 aromatic heterocycles. The molecule has 31 heavy (non-hydrogen) atoms. The Morgan fingerprint density at radius 1 is 1.13 bits per heavy atom. The first kappa shape index (κ1) is 24.5. The van der Waals surface area contributed by atoms with Crippen LogP contribution in [0.4, 0.5) is 18.9 Å². The Morgan fingerprint density at radius 2 is 1.74 bits per heavy atom. The molecule has 0 spiro atoms. The molecule has 0 radical (unpaired) electrons. The number of nitrogens with zero attached hydrogens (tertiary/aromatic N) is 1. The van der Waals surface area contributed by atoms with Crippen molar-refractivity contribution < 1.29 is 27.5 Å². The van der Waals surface area contributed by atoms with Gasteiger partial charge >= 0.3 is 5.97 Å². The molecule has 0 fully saturated rings. The number of nitrogens with one attached hydrogen (secondary N) is 1. The Kier molecular flexibility index (Phi) is 8.30. The van der Waals surface area contributed by atoms with E-state index in [4.69, 9.17) is 4.74 Å². The summed E-state index contributed by atoms with van der Waals surface area (Å²) in [6.45, 7) is 7.76. The molecule has 1 atom stereocenters. The van der Waals surface area contributed by atoms with Crippen LogP contribution in [0, 0.1) is 31.3 Å². The number of Topliss-reactive ketones (excluding diaryl/α,β-unsaturated/α-hetero) is 1. The van der Waals surface area contributed by atoms with Gasteiger partial charge < -0.3 is 14.6 Å². The Hall–Kier alpha value is -2.77. The third-order valence-corrected chi connectivity index (χ3v) is 5.51. The molecule has 0 aliphatic rings. The average molecular weight is 438 g/mol. The largest absolute Gasteiger partial charge is 0.460 e. The van der Waals surface area contributed by atoms with Gasteiger partial charge in [0, 0.05) is 43.0 Å². The molecule has 0 amide bonds. The molecule has 2 rings (SSSR count). The fourth-order valence-electron chi connectivity index (χ4n) is 3.91. The van der Waals surface area contributed by atoms with E-state index in [-0.39, 0.29) is 23.9 Å². The van der Waals surface area contributed by atoms with Crippen molar-refractivity contribution in [2.45, 2.75) is 52.9 Å². The van der Waals surface area contributed by atoms with Crippen LogP contribution in [0.5, 0.6) is 0 Å². The van der Waals surface area contributed by atoms with Gasteiger partial charge in [-0.05, 0) is 38.3 Å². The fourth-order valence-corrected chi connectivity index (χ4v) is 3.91. The number of ketones is 1. The number of ether oxygens (including phenoxy) is 1. The molecular formula is C23H29F3N2O3. The van der Waals surface area contributed by atoms with E-state index in [1.54, 1.807) is 25.5 Å². The standard InChI is InChI=1S/C23H29F3N2O3/c1-6-8-9-15(12-27-16-10-17(24)20(26)18(25)11-16)19-13(3)21(28(5)14(19)4)22(29)23(30)31-7-2/h10-11,15,27H,6-9,12H2,1-5H3. The maximum Gasteiger partial charge on any atom is 0.381 e. The second-order valence-electron chi connectivity index (χ2n) is 7.56. The first-order valence-corrected chi connectivity index (χ1v) is 10.4. The van der Waals surface area contributed by atoms with Gasteiger partial charge in [-0.25, -0.2) is 18.0 Å². The highest BCUT2D eigenvalue weighted by Crippen LogP contribution is 2.33. The number of benzene rings is 1. The highest BCUT2D eigenvalue weighted by Gasteiger charge is 2.29. The molecular weight excluding hydrogens is 409 g/mol. The van der Waals surface area contributed by atoms with Gasteiger partial charge in [0.2, 0.25) is 0 Å². The molecule has 1 heterocycles. The van der Waals surface area contributed by atoms with E-state index in [1.807, 2.05) is 6.92 Å². The Labute approximate surface area is 180 Å². The lowest BCUT2D eigenvalue weighted by atomic mass is 9.90. The summed E-state index contributed by atoms with van der Waals surface area (Å²) in [5, 5.41) is 2.98. The first-order chi connectivity index (χ1) is 14.6. The van der Waals surface area contributed by atoms with Crippen LogP contribution in [0.15, 0.2) is 12.1 Å². The lowest BCUT2D eigenvalue weighted by molar-refractivity contribution is -0.137. The van der Waals surface area contributed by atoms with E-state index < -0.39 is 29.2 Å². The van der Waals surface area contributed by atoms with Crippen molar-refractivity contribution >= 4 is 17.4 Å². The van der Waals surface area contributed by atoms with Crippen molar-refractivity contribution in [3.8, 4) is 0 Å². The topological polar surface area (TPSA) is 60.3 Å². The number of rotatable bonds is 10. The summed E-state index contributed by atoms with van der Waals surface area (Å²) < 4.78 is 46.9. The zero-order valence-corrected chi connectivity index (χ0v) is 18.6. The van der Waals surface area contributed by atoms with Gasteiger partial charge in [0.15, 0.2) is 17.5 Å². The lowest BCUT2D eigenvalue weighted by Gasteiger charge is -2.20. The third kappa shape index (κ3) is 5.29. The minimum Gasteiger partial charge on any atom is -0.460 e. The highest BCUT2D eigenvalue weighted by atomic mass is 19.2. The van der Waals surface area contributed by atoms with Crippen LogP contribution in [-0.4, -0.2) is 29.5 Å². The number of carbonyl (C=O) groups excluding carboxylic acids is 2.